The molecule has 43 heavy (non-hydrogen) atoms. The number of likely N-dealkylation sites (tertiary alicyclic amines) is 1. The Kier molecular flexibility index (Phi) is 8.88. The molecule has 2 atom stereocenters. The lowest BCUT2D eigenvalue weighted by Crippen LogP contribution is -2.51. The van der Waals surface area contributed by atoms with Crippen LogP contribution in [0.5, 0.6) is 5.75 Å². The van der Waals surface area contributed by atoms with Crippen molar-refractivity contribution in [3.8, 4) is 17.0 Å². The number of ether oxygens (including phenoxy) is 1. The molecule has 2 amide bonds. The second kappa shape index (κ2) is 12.8. The van der Waals surface area contributed by atoms with Crippen LogP contribution in [-0.2, 0) is 4.79 Å². The number of aliphatic hydroxyl groups is 1. The van der Waals surface area contributed by atoms with Crippen LogP contribution in [0.25, 0.3) is 16.9 Å². The van der Waals surface area contributed by atoms with Gasteiger partial charge in [0.15, 0.2) is 23.0 Å². The number of fused-ring (bicyclic) bond motifs is 1. The number of aryl methyl sites for hydroxylation is 1. The maximum absolute atomic E-state index is 14.4. The highest BCUT2D eigenvalue weighted by Gasteiger charge is 2.35. The monoisotopic (exact) mass is 589 g/mol. The van der Waals surface area contributed by atoms with Gasteiger partial charge in [0, 0.05) is 55.4 Å². The van der Waals surface area contributed by atoms with Crippen molar-refractivity contribution in [1.82, 2.24) is 29.5 Å². The molecular weight excluding hydrogens is 553 g/mol. The van der Waals surface area contributed by atoms with Crippen LogP contribution in [-0.4, -0.2) is 94.6 Å². The van der Waals surface area contributed by atoms with Crippen LogP contribution >= 0.6 is 0 Å². The molecule has 2 aromatic heterocycles. The molecule has 1 fully saturated rings. The van der Waals surface area contributed by atoms with Gasteiger partial charge in [0.05, 0.1) is 31.0 Å². The predicted molar refractivity (Wildman–Crippen MR) is 161 cm³/mol. The van der Waals surface area contributed by atoms with Gasteiger partial charge in [-0.15, -0.1) is 0 Å². The molecule has 0 bridgehead atoms. The fourth-order valence-electron chi connectivity index (χ4n) is 5.29. The number of likely N-dealkylation sites (N-methyl/N-ethyl adjacent to an activating group) is 1. The number of nitrogens with zero attached hydrogens (tertiary/aromatic N) is 5. The van der Waals surface area contributed by atoms with Gasteiger partial charge < -0.3 is 30.3 Å². The molecule has 226 valence electrons. The van der Waals surface area contributed by atoms with Crippen molar-refractivity contribution in [2.45, 2.75) is 19.4 Å². The lowest BCUT2D eigenvalue weighted by molar-refractivity contribution is -0.131. The second-order valence-corrected chi connectivity index (χ2v) is 10.9. The van der Waals surface area contributed by atoms with Crippen LogP contribution in [0, 0.1) is 18.7 Å². The first kappa shape index (κ1) is 29.9. The van der Waals surface area contributed by atoms with E-state index in [1.165, 1.54) is 13.2 Å². The summed E-state index contributed by atoms with van der Waals surface area (Å²) in [6.07, 6.45) is 4.50. The van der Waals surface area contributed by atoms with Gasteiger partial charge in [0.2, 0.25) is 5.91 Å². The van der Waals surface area contributed by atoms with Crippen LogP contribution in [0.1, 0.15) is 22.3 Å². The standard InChI is InChI=1S/C31H36FN7O4/c1-19-15-21(6-7-22(19)31(42)38-12-9-23(26(40)18-38)30(41)34-10-13-37(2)3)36-28-29-35-17-25(39(29)14-11-33-28)20-5-8-27(43-4)24(32)16-20/h5-8,11,14-17,23,26,40H,9-10,12-13,18H2,1-4H3,(H,33,36)(H,34,41). The highest BCUT2D eigenvalue weighted by molar-refractivity contribution is 5.96. The maximum atomic E-state index is 14.4. The van der Waals surface area contributed by atoms with E-state index in [1.54, 1.807) is 47.8 Å². The number of nitrogens with one attached hydrogen (secondary N) is 2. The summed E-state index contributed by atoms with van der Waals surface area (Å²) in [4.78, 5) is 38.4. The van der Waals surface area contributed by atoms with Crippen molar-refractivity contribution in [2.75, 3.05) is 52.7 Å². The average Bonchev–Trinajstić information content (AvgIpc) is 3.42. The first-order valence-electron chi connectivity index (χ1n) is 14.1. The van der Waals surface area contributed by atoms with Crippen molar-refractivity contribution in [3.63, 3.8) is 0 Å². The molecule has 4 aromatic rings. The molecule has 2 unspecified atom stereocenters. The Morgan fingerprint density at radius 2 is 2.00 bits per heavy atom. The van der Waals surface area contributed by atoms with Crippen LogP contribution in [0.3, 0.4) is 0 Å². The van der Waals surface area contributed by atoms with Gasteiger partial charge in [0.25, 0.3) is 5.91 Å². The molecule has 3 N–H and O–H groups in total. The molecule has 5 rings (SSSR count). The number of β-amino-alcohol motifs (C(OH)–C–C–N with tert-alkyl or cyclic N) is 1. The third kappa shape index (κ3) is 6.45. The summed E-state index contributed by atoms with van der Waals surface area (Å²) in [5.41, 5.74) is 3.86. The third-order valence-corrected chi connectivity index (χ3v) is 7.66. The molecule has 0 spiro atoms. The number of methoxy groups -OCH3 is 1. The third-order valence-electron chi connectivity index (χ3n) is 7.66. The number of aromatic nitrogens is 3. The molecular formula is C31H36FN7O4. The van der Waals surface area contributed by atoms with Gasteiger partial charge in [-0.1, -0.05) is 0 Å². The Bertz CT molecular complexity index is 1640. The van der Waals surface area contributed by atoms with Crippen molar-refractivity contribution in [1.29, 1.82) is 0 Å². The molecule has 0 saturated carbocycles. The van der Waals surface area contributed by atoms with E-state index in [4.69, 9.17) is 4.74 Å². The van der Waals surface area contributed by atoms with Gasteiger partial charge in [0.1, 0.15) is 0 Å². The number of halogens is 1. The van der Waals surface area contributed by atoms with Crippen molar-refractivity contribution in [2.24, 2.45) is 5.92 Å². The quantitative estimate of drug-likeness (QED) is 0.272. The number of benzene rings is 2. The van der Waals surface area contributed by atoms with Gasteiger partial charge in [-0.3, -0.25) is 14.0 Å². The van der Waals surface area contributed by atoms with Crippen LogP contribution in [0.4, 0.5) is 15.9 Å². The lowest BCUT2D eigenvalue weighted by Gasteiger charge is -2.35. The van der Waals surface area contributed by atoms with Gasteiger partial charge in [-0.25, -0.2) is 14.4 Å². The van der Waals surface area contributed by atoms with E-state index in [0.29, 0.717) is 60.0 Å². The Hall–Kier alpha value is -4.55. The minimum absolute atomic E-state index is 0.0935. The zero-order chi connectivity index (χ0) is 30.7. The molecule has 12 heteroatoms. The zero-order valence-corrected chi connectivity index (χ0v) is 24.7. The smallest absolute Gasteiger partial charge is 0.254 e. The van der Waals surface area contributed by atoms with Crippen molar-refractivity contribution in [3.05, 3.63) is 71.9 Å². The summed E-state index contributed by atoms with van der Waals surface area (Å²) in [5.74, 6) is -0.723. The number of anilines is 2. The van der Waals surface area contributed by atoms with E-state index >= 15 is 0 Å². The Labute approximate surface area is 249 Å². The summed E-state index contributed by atoms with van der Waals surface area (Å²) in [6.45, 7) is 3.54. The topological polar surface area (TPSA) is 124 Å². The predicted octanol–water partition coefficient (Wildman–Crippen LogP) is 3.10. The Balaban J connectivity index is 1.27. The number of imidazole rings is 1. The molecule has 0 radical (unpaired) electrons. The summed E-state index contributed by atoms with van der Waals surface area (Å²) in [6, 6.07) is 10.1. The Morgan fingerprint density at radius 1 is 1.19 bits per heavy atom. The van der Waals surface area contributed by atoms with Crippen molar-refractivity contribution >= 4 is 29.0 Å². The highest BCUT2D eigenvalue weighted by Crippen LogP contribution is 2.29. The van der Waals surface area contributed by atoms with E-state index < -0.39 is 17.8 Å². The first-order valence-corrected chi connectivity index (χ1v) is 14.1. The fraction of sp³-hybridized carbons (Fsp3) is 0.355. The zero-order valence-electron chi connectivity index (χ0n) is 24.7. The number of carbonyl (C=O) groups is 2. The fourth-order valence-corrected chi connectivity index (χ4v) is 5.29. The molecule has 0 aliphatic carbocycles. The molecule has 1 aliphatic rings. The second-order valence-electron chi connectivity index (χ2n) is 10.9. The van der Waals surface area contributed by atoms with Crippen LogP contribution in [0.15, 0.2) is 55.0 Å². The van der Waals surface area contributed by atoms with Gasteiger partial charge >= 0.3 is 0 Å². The van der Waals surface area contributed by atoms with Crippen LogP contribution < -0.4 is 15.4 Å². The molecule has 11 nitrogen and oxygen atoms in total. The number of piperidine rings is 1. The first-order chi connectivity index (χ1) is 20.7. The number of amides is 2. The minimum atomic E-state index is -0.932. The summed E-state index contributed by atoms with van der Waals surface area (Å²) in [5, 5.41) is 16.8. The lowest BCUT2D eigenvalue weighted by atomic mass is 9.92. The average molecular weight is 590 g/mol. The minimum Gasteiger partial charge on any atom is -0.494 e. The summed E-state index contributed by atoms with van der Waals surface area (Å²) in [7, 11) is 5.27. The van der Waals surface area contributed by atoms with Crippen molar-refractivity contribution < 1.29 is 23.8 Å². The van der Waals surface area contributed by atoms with E-state index in [2.05, 4.69) is 20.6 Å². The number of aliphatic hydroxyl groups excluding tert-OH is 1. The van der Waals surface area contributed by atoms with Gasteiger partial charge in [-0.2, -0.15) is 0 Å². The maximum Gasteiger partial charge on any atom is 0.254 e. The normalized spacial score (nSPS) is 16.9. The highest BCUT2D eigenvalue weighted by atomic mass is 19.1. The molecule has 3 heterocycles. The number of carbonyl (C=O) groups excluding carboxylic acids is 2. The number of hydrogen-bond donors (Lipinski definition) is 3. The Morgan fingerprint density at radius 3 is 2.70 bits per heavy atom. The van der Waals surface area contributed by atoms with Gasteiger partial charge in [-0.05, 0) is 69.4 Å². The van der Waals surface area contributed by atoms with E-state index in [1.807, 2.05) is 36.4 Å². The van der Waals surface area contributed by atoms with E-state index in [9.17, 15) is 19.1 Å². The SMILES string of the molecule is COc1ccc(-c2cnc3c(Nc4ccc(C(=O)N5CCC(C(=O)NCCN(C)C)C(O)C5)c(C)c4)nccn23)cc1F. The summed E-state index contributed by atoms with van der Waals surface area (Å²) >= 11 is 0. The van der Waals surface area contributed by atoms with E-state index in [0.717, 1.165) is 5.56 Å². The number of rotatable bonds is 9. The molecule has 2 aromatic carbocycles. The summed E-state index contributed by atoms with van der Waals surface area (Å²) < 4.78 is 21.2. The largest absolute Gasteiger partial charge is 0.494 e. The molecule has 1 saturated heterocycles. The van der Waals surface area contributed by atoms with E-state index in [-0.39, 0.29) is 24.1 Å². The molecule has 1 aliphatic heterocycles. The number of hydrogen-bond acceptors (Lipinski definition) is 8. The van der Waals surface area contributed by atoms with Crippen LogP contribution in [0.2, 0.25) is 0 Å².